The third-order valence-corrected chi connectivity index (χ3v) is 6.38. The Morgan fingerprint density at radius 1 is 1.25 bits per heavy atom. The first kappa shape index (κ1) is 20.8. The molecule has 1 aliphatic rings. The van der Waals surface area contributed by atoms with Crippen LogP contribution < -0.4 is 0 Å². The van der Waals surface area contributed by atoms with Crippen LogP contribution in [0.1, 0.15) is 30.5 Å². The second kappa shape index (κ2) is 9.03. The molecule has 1 fully saturated rings. The molecule has 2 heterocycles. The molecular weight excluding hydrogens is 396 g/mol. The Morgan fingerprint density at radius 2 is 2.00 bits per heavy atom. The predicted molar refractivity (Wildman–Crippen MR) is 92.9 cm³/mol. The Hall–Kier alpha value is -1.95. The minimum Gasteiger partial charge on any atom is -0.382 e. The molecule has 3 rings (SSSR count). The molecule has 0 atom stereocenters. The van der Waals surface area contributed by atoms with Gasteiger partial charge in [0.1, 0.15) is 23.1 Å². The molecule has 2 aromatic rings. The second-order valence-corrected chi connectivity index (χ2v) is 8.25. The fourth-order valence-corrected chi connectivity index (χ4v) is 4.51. The number of hydrogen-bond donors (Lipinski definition) is 0. The normalized spacial score (nSPS) is 16.5. The van der Waals surface area contributed by atoms with Crippen LogP contribution in [0.5, 0.6) is 0 Å². The molecule has 1 aromatic carbocycles. The zero-order chi connectivity index (χ0) is 20.1. The Balaban J connectivity index is 1.60. The third-order valence-electron chi connectivity index (χ3n) is 4.47. The van der Waals surface area contributed by atoms with Gasteiger partial charge in [0.2, 0.25) is 10.0 Å². The standard InChI is InChI=1S/C17H21F2N3O5S/c1-25-8-9-26-11-16-20-17(21-27-16)12-4-6-22(7-5-12)28(23,24)15-10-13(18)2-3-14(15)19/h2-3,10,12H,4-9,11H2,1H3. The van der Waals surface area contributed by atoms with Crippen molar-refractivity contribution in [3.05, 3.63) is 41.5 Å². The highest BCUT2D eigenvalue weighted by molar-refractivity contribution is 7.89. The highest BCUT2D eigenvalue weighted by atomic mass is 32.2. The molecule has 0 amide bonds. The van der Waals surface area contributed by atoms with Crippen LogP contribution in [0.2, 0.25) is 0 Å². The van der Waals surface area contributed by atoms with Crippen LogP contribution in [-0.2, 0) is 26.1 Å². The van der Waals surface area contributed by atoms with Gasteiger partial charge in [-0.1, -0.05) is 5.16 Å². The van der Waals surface area contributed by atoms with Gasteiger partial charge in [-0.15, -0.1) is 0 Å². The van der Waals surface area contributed by atoms with Crippen molar-refractivity contribution in [3.8, 4) is 0 Å². The molecule has 8 nitrogen and oxygen atoms in total. The zero-order valence-electron chi connectivity index (χ0n) is 15.3. The summed E-state index contributed by atoms with van der Waals surface area (Å²) in [6.07, 6.45) is 0.888. The highest BCUT2D eigenvalue weighted by Crippen LogP contribution is 2.30. The van der Waals surface area contributed by atoms with Gasteiger partial charge in [0.15, 0.2) is 5.82 Å². The zero-order valence-corrected chi connectivity index (χ0v) is 16.1. The van der Waals surface area contributed by atoms with Crippen LogP contribution in [0.4, 0.5) is 8.78 Å². The first-order valence-corrected chi connectivity index (χ1v) is 10.2. The number of aromatic nitrogens is 2. The molecule has 0 unspecified atom stereocenters. The summed E-state index contributed by atoms with van der Waals surface area (Å²) in [6.45, 7) is 1.33. The highest BCUT2D eigenvalue weighted by Gasteiger charge is 2.33. The maximum atomic E-state index is 13.9. The molecular formula is C17H21F2N3O5S. The van der Waals surface area contributed by atoms with Gasteiger partial charge in [-0.25, -0.2) is 17.2 Å². The molecule has 1 aromatic heterocycles. The Morgan fingerprint density at radius 3 is 2.71 bits per heavy atom. The molecule has 0 bridgehead atoms. The summed E-state index contributed by atoms with van der Waals surface area (Å²) in [7, 11) is -2.54. The quantitative estimate of drug-likeness (QED) is 0.607. The molecule has 0 radical (unpaired) electrons. The molecule has 28 heavy (non-hydrogen) atoms. The summed E-state index contributed by atoms with van der Waals surface area (Å²) in [6, 6.07) is 2.39. The summed E-state index contributed by atoms with van der Waals surface area (Å²) in [5.74, 6) is -1.04. The topological polar surface area (TPSA) is 94.8 Å². The van der Waals surface area contributed by atoms with Crippen molar-refractivity contribution in [2.75, 3.05) is 33.4 Å². The fraction of sp³-hybridized carbons (Fsp3) is 0.529. The van der Waals surface area contributed by atoms with Gasteiger partial charge in [-0.05, 0) is 31.0 Å². The van der Waals surface area contributed by atoms with Gasteiger partial charge < -0.3 is 14.0 Å². The van der Waals surface area contributed by atoms with Gasteiger partial charge in [-0.3, -0.25) is 0 Å². The molecule has 0 N–H and O–H groups in total. The van der Waals surface area contributed by atoms with Crippen molar-refractivity contribution >= 4 is 10.0 Å². The van der Waals surface area contributed by atoms with E-state index < -0.39 is 26.6 Å². The molecule has 154 valence electrons. The number of benzene rings is 1. The van der Waals surface area contributed by atoms with Gasteiger partial charge in [-0.2, -0.15) is 9.29 Å². The third kappa shape index (κ3) is 4.72. The van der Waals surface area contributed by atoms with Crippen molar-refractivity contribution in [3.63, 3.8) is 0 Å². The first-order valence-electron chi connectivity index (χ1n) is 8.76. The van der Waals surface area contributed by atoms with Gasteiger partial charge >= 0.3 is 0 Å². The largest absolute Gasteiger partial charge is 0.382 e. The van der Waals surface area contributed by atoms with E-state index in [0.717, 1.165) is 16.4 Å². The molecule has 1 aliphatic heterocycles. The van der Waals surface area contributed by atoms with E-state index >= 15 is 0 Å². The summed E-state index contributed by atoms with van der Waals surface area (Å²) in [4.78, 5) is 3.63. The summed E-state index contributed by atoms with van der Waals surface area (Å²) in [5.41, 5.74) is 0. The van der Waals surface area contributed by atoms with Gasteiger partial charge in [0.05, 0.1) is 13.2 Å². The van der Waals surface area contributed by atoms with Crippen molar-refractivity contribution in [1.82, 2.24) is 14.4 Å². The van der Waals surface area contributed by atoms with Crippen LogP contribution in [0.25, 0.3) is 0 Å². The van der Waals surface area contributed by atoms with Crippen LogP contribution in [0.15, 0.2) is 27.6 Å². The minimum atomic E-state index is -4.11. The lowest BCUT2D eigenvalue weighted by molar-refractivity contribution is 0.0494. The minimum absolute atomic E-state index is 0.0831. The van der Waals surface area contributed by atoms with Crippen LogP contribution >= 0.6 is 0 Å². The van der Waals surface area contributed by atoms with E-state index in [1.165, 1.54) is 0 Å². The SMILES string of the molecule is COCCOCc1nc(C2CCN(S(=O)(=O)c3cc(F)ccc3F)CC2)no1. The molecule has 0 saturated carbocycles. The number of halogens is 2. The van der Waals surface area contributed by atoms with E-state index in [9.17, 15) is 17.2 Å². The summed E-state index contributed by atoms with van der Waals surface area (Å²) < 4.78 is 69.0. The molecule has 0 aliphatic carbocycles. The van der Waals surface area contributed by atoms with Crippen LogP contribution in [-0.4, -0.2) is 56.3 Å². The van der Waals surface area contributed by atoms with E-state index in [1.54, 1.807) is 7.11 Å². The first-order chi connectivity index (χ1) is 13.4. The van der Waals surface area contributed by atoms with E-state index in [2.05, 4.69) is 10.1 Å². The Bertz CT molecular complexity index is 898. The average Bonchev–Trinajstić information content (AvgIpc) is 3.16. The lowest BCUT2D eigenvalue weighted by Gasteiger charge is -2.29. The van der Waals surface area contributed by atoms with Crippen molar-refractivity contribution < 1.29 is 31.2 Å². The number of nitrogens with zero attached hydrogens (tertiary/aromatic N) is 3. The summed E-state index contributed by atoms with van der Waals surface area (Å²) in [5, 5.41) is 3.93. The number of hydrogen-bond acceptors (Lipinski definition) is 7. The lowest BCUT2D eigenvalue weighted by Crippen LogP contribution is -2.38. The molecule has 11 heteroatoms. The van der Waals surface area contributed by atoms with Crippen molar-refractivity contribution in [2.45, 2.75) is 30.3 Å². The number of sulfonamides is 1. The van der Waals surface area contributed by atoms with E-state index in [4.69, 9.17) is 14.0 Å². The monoisotopic (exact) mass is 417 g/mol. The lowest BCUT2D eigenvalue weighted by atomic mass is 9.98. The summed E-state index contributed by atoms with van der Waals surface area (Å²) >= 11 is 0. The van der Waals surface area contributed by atoms with Crippen LogP contribution in [0.3, 0.4) is 0 Å². The fourth-order valence-electron chi connectivity index (χ4n) is 2.96. The smallest absolute Gasteiger partial charge is 0.252 e. The number of rotatable bonds is 8. The van der Waals surface area contributed by atoms with Crippen LogP contribution in [0, 0.1) is 11.6 Å². The number of ether oxygens (including phenoxy) is 2. The second-order valence-electron chi connectivity index (χ2n) is 6.34. The predicted octanol–water partition coefficient (Wildman–Crippen LogP) is 2.08. The maximum Gasteiger partial charge on any atom is 0.252 e. The maximum absolute atomic E-state index is 13.9. The number of piperidine rings is 1. The average molecular weight is 417 g/mol. The van der Waals surface area contributed by atoms with Crippen molar-refractivity contribution in [2.24, 2.45) is 0 Å². The molecule has 1 saturated heterocycles. The van der Waals surface area contributed by atoms with E-state index in [0.29, 0.717) is 43.8 Å². The number of methoxy groups -OCH3 is 1. The van der Waals surface area contributed by atoms with Crippen molar-refractivity contribution in [1.29, 1.82) is 0 Å². The molecule has 0 spiro atoms. The van der Waals surface area contributed by atoms with E-state index in [1.807, 2.05) is 0 Å². The van der Waals surface area contributed by atoms with Gasteiger partial charge in [0, 0.05) is 26.1 Å². The Labute approximate surface area is 161 Å². The van der Waals surface area contributed by atoms with Gasteiger partial charge in [0.25, 0.3) is 5.89 Å². The van der Waals surface area contributed by atoms with E-state index in [-0.39, 0.29) is 25.6 Å². The Kier molecular flexibility index (Phi) is 6.70.